The van der Waals surface area contributed by atoms with Gasteiger partial charge in [0.25, 0.3) is 0 Å². The summed E-state index contributed by atoms with van der Waals surface area (Å²) in [5.74, 6) is -8.51. The number of carbonyl (C=O) groups excluding carboxylic acids is 4. The fourth-order valence-electron chi connectivity index (χ4n) is 2.69. The molecule has 0 aliphatic rings. The van der Waals surface area contributed by atoms with E-state index >= 15 is 0 Å². The van der Waals surface area contributed by atoms with Crippen LogP contribution in [0.3, 0.4) is 0 Å². The summed E-state index contributed by atoms with van der Waals surface area (Å²) in [4.78, 5) is 92.3. The van der Waals surface area contributed by atoms with Gasteiger partial charge in [0.15, 0.2) is 0 Å². The van der Waals surface area contributed by atoms with Crippen LogP contribution in [-0.4, -0.2) is 132 Å². The number of amides is 4. The third-order valence-corrected chi connectivity index (χ3v) is 7.23. The zero-order valence-corrected chi connectivity index (χ0v) is 24.8. The van der Waals surface area contributed by atoms with Crippen molar-refractivity contribution in [1.29, 1.82) is 0 Å². The molecule has 0 aromatic carbocycles. The fraction of sp³-hybridized carbons (Fsp3) is 0.600. The Bertz CT molecular complexity index is 901. The molecule has 0 unspecified atom stereocenters. The van der Waals surface area contributed by atoms with Crippen LogP contribution in [0.4, 0.5) is 0 Å². The van der Waals surface area contributed by atoms with Crippen LogP contribution < -0.4 is 29.9 Å². The Balaban J connectivity index is 4.75. The van der Waals surface area contributed by atoms with Gasteiger partial charge in [-0.05, 0) is 0 Å². The van der Waals surface area contributed by atoms with E-state index in [0.29, 0.717) is 0 Å². The molecule has 21 heteroatoms. The Hall–Kier alpha value is -3.10. The molecule has 41 heavy (non-hydrogen) atoms. The summed E-state index contributed by atoms with van der Waals surface area (Å²) in [5.41, 5.74) is 0. The van der Waals surface area contributed by atoms with Gasteiger partial charge in [0.2, 0.25) is 0 Å². The number of thiol groups is 2. The van der Waals surface area contributed by atoms with Crippen molar-refractivity contribution < 1.29 is 58.8 Å². The number of carboxylic acids is 4. The summed E-state index contributed by atoms with van der Waals surface area (Å²) in [6, 6.07) is -4.85. The molecule has 0 rings (SSSR count). The molecule has 10 N–H and O–H groups in total. The first-order valence-electron chi connectivity index (χ1n) is 11.6. The molecule has 0 saturated carbocycles. The second-order valence-corrected chi connectivity index (χ2v) is 10.2. The molecule has 0 heterocycles. The maximum atomic E-state index is 12.2. The number of rotatable bonds is 22. The molecule has 18 nitrogen and oxygen atoms in total. The Kier molecular flexibility index (Phi) is 19.2. The number of carbonyl (C=O) groups is 8. The number of hydrogen-bond acceptors (Lipinski definition) is 12. The van der Waals surface area contributed by atoms with Crippen LogP contribution in [-0.2, 0) is 38.4 Å². The monoisotopic (exact) mass is 692 g/mol. The average molecular weight is 692 g/mol. The van der Waals surface area contributed by atoms with Crippen molar-refractivity contribution >= 4 is 88.2 Å². The molecule has 4 atom stereocenters. The SMILES string of the molecule is O=C(O)CNC(=O)[C@H](CS)NC(=O)CC[C@H](N[Se]N[C@@H](CCC(=O)N[C@@H](CS)C(=O)NCC(=O)O)C(=O)O)C(=O)O. The van der Waals surface area contributed by atoms with Gasteiger partial charge in [-0.15, -0.1) is 0 Å². The first kappa shape index (κ1) is 37.9. The van der Waals surface area contributed by atoms with Gasteiger partial charge >= 0.3 is 251 Å². The van der Waals surface area contributed by atoms with Gasteiger partial charge in [0, 0.05) is 0 Å². The standard InChI is InChI=1S/C20H32N6O12S2Se/c27-13(23-11(7-39)17(33)21-5-15(29)30)3-1-9(19(35)36)25-41-26-10(20(37)38)2-4-14(28)24-12(8-40)18(34)22-6-16(31)32/h9-12,25-26,39-40H,1-8H2,(H,21,33)(H,22,34)(H,23,27)(H,24,28)(H,29,30)(H,31,32)(H,35,36)(H,37,38)/t9-,10-,11-,12-/m0/s1. The predicted octanol–water partition coefficient (Wildman–Crippen LogP) is -4.60. The van der Waals surface area contributed by atoms with Crippen LogP contribution in [0, 0.1) is 0 Å². The average Bonchev–Trinajstić information content (AvgIpc) is 2.90. The third-order valence-electron chi connectivity index (χ3n) is 4.81. The van der Waals surface area contributed by atoms with Crippen LogP contribution in [0.5, 0.6) is 0 Å². The Morgan fingerprint density at radius 2 is 0.927 bits per heavy atom. The van der Waals surface area contributed by atoms with Crippen molar-refractivity contribution in [2.75, 3.05) is 24.6 Å². The van der Waals surface area contributed by atoms with Gasteiger partial charge in [-0.1, -0.05) is 0 Å². The molecular formula is C20H32N6O12S2Se. The van der Waals surface area contributed by atoms with Crippen molar-refractivity contribution in [1.82, 2.24) is 29.9 Å². The number of nitrogens with one attached hydrogen (secondary N) is 6. The first-order chi connectivity index (χ1) is 19.2. The van der Waals surface area contributed by atoms with E-state index in [-0.39, 0.29) is 37.2 Å². The molecule has 0 aromatic heterocycles. The summed E-state index contributed by atoms with van der Waals surface area (Å²) in [6.07, 6.45) is -1.16. The Labute approximate surface area is 250 Å². The van der Waals surface area contributed by atoms with Crippen LogP contribution in [0.15, 0.2) is 0 Å². The fourth-order valence-corrected chi connectivity index (χ4v) is 4.86. The second-order valence-electron chi connectivity index (χ2n) is 8.03. The molecule has 0 radical (unpaired) electrons. The maximum absolute atomic E-state index is 12.2. The third kappa shape index (κ3) is 17.3. The van der Waals surface area contributed by atoms with Gasteiger partial charge < -0.3 is 0 Å². The van der Waals surface area contributed by atoms with Crippen molar-refractivity contribution in [2.24, 2.45) is 0 Å². The minimum absolute atomic E-state index is 0.146. The molecule has 0 aliphatic carbocycles. The topological polar surface area (TPSA) is 290 Å². The number of hydrogen-bond donors (Lipinski definition) is 12. The molecule has 0 saturated heterocycles. The van der Waals surface area contributed by atoms with E-state index in [1.165, 1.54) is 0 Å². The van der Waals surface area contributed by atoms with E-state index in [1.54, 1.807) is 0 Å². The van der Waals surface area contributed by atoms with E-state index in [1.807, 2.05) is 0 Å². The quantitative estimate of drug-likeness (QED) is 0.0376. The Morgan fingerprint density at radius 1 is 0.585 bits per heavy atom. The van der Waals surface area contributed by atoms with Gasteiger partial charge in [-0.2, -0.15) is 0 Å². The molecule has 0 aromatic rings. The summed E-state index contributed by atoms with van der Waals surface area (Å²) < 4.78 is 5.17. The molecular weight excluding hydrogens is 659 g/mol. The van der Waals surface area contributed by atoms with Crippen LogP contribution >= 0.6 is 25.3 Å². The molecule has 4 amide bonds. The van der Waals surface area contributed by atoms with E-state index in [9.17, 15) is 48.6 Å². The van der Waals surface area contributed by atoms with Crippen molar-refractivity contribution in [2.45, 2.75) is 49.9 Å². The van der Waals surface area contributed by atoms with E-state index in [2.05, 4.69) is 55.2 Å². The summed E-state index contributed by atoms with van der Waals surface area (Å²) in [7, 11) is 0. The van der Waals surface area contributed by atoms with Gasteiger partial charge in [0.05, 0.1) is 0 Å². The molecule has 0 bridgehead atoms. The van der Waals surface area contributed by atoms with Crippen molar-refractivity contribution in [3.8, 4) is 0 Å². The van der Waals surface area contributed by atoms with Crippen molar-refractivity contribution in [3.05, 3.63) is 0 Å². The molecule has 0 aliphatic heterocycles. The van der Waals surface area contributed by atoms with Crippen molar-refractivity contribution in [3.63, 3.8) is 0 Å². The van der Waals surface area contributed by atoms with Gasteiger partial charge in [-0.3, -0.25) is 0 Å². The van der Waals surface area contributed by atoms with E-state index in [4.69, 9.17) is 10.2 Å². The van der Waals surface area contributed by atoms with Gasteiger partial charge in [0.1, 0.15) is 0 Å². The zero-order valence-electron chi connectivity index (χ0n) is 21.3. The second kappa shape index (κ2) is 20.7. The summed E-state index contributed by atoms with van der Waals surface area (Å²) >= 11 is 6.87. The normalized spacial score (nSPS) is 13.5. The molecule has 0 fully saturated rings. The van der Waals surface area contributed by atoms with Gasteiger partial charge in [-0.25, -0.2) is 0 Å². The molecule has 232 valence electrons. The Morgan fingerprint density at radius 3 is 1.20 bits per heavy atom. The summed E-state index contributed by atoms with van der Waals surface area (Å²) in [5, 5.41) is 44.8. The van der Waals surface area contributed by atoms with Crippen LogP contribution in [0.2, 0.25) is 0 Å². The summed E-state index contributed by atoms with van der Waals surface area (Å²) in [6.45, 7) is -1.33. The predicted molar refractivity (Wildman–Crippen MR) is 146 cm³/mol. The molecule has 0 spiro atoms. The van der Waals surface area contributed by atoms with E-state index < -0.39 is 100 Å². The number of carboxylic acid groups (broad SMARTS) is 4. The number of aliphatic carboxylic acids is 4. The van der Waals surface area contributed by atoms with Crippen LogP contribution in [0.1, 0.15) is 25.7 Å². The minimum atomic E-state index is -1.34. The zero-order chi connectivity index (χ0) is 31.5. The first-order valence-corrected chi connectivity index (χ1v) is 14.6. The van der Waals surface area contributed by atoms with E-state index in [0.717, 1.165) is 0 Å². The van der Waals surface area contributed by atoms with Crippen LogP contribution in [0.25, 0.3) is 0 Å².